The summed E-state index contributed by atoms with van der Waals surface area (Å²) in [6.07, 6.45) is 0.156. The third-order valence-electron chi connectivity index (χ3n) is 1.33. The van der Waals surface area contributed by atoms with Crippen LogP contribution in [0.1, 0.15) is 6.42 Å². The van der Waals surface area contributed by atoms with Gasteiger partial charge in [0.2, 0.25) is 0 Å². The molecule has 0 spiro atoms. The summed E-state index contributed by atoms with van der Waals surface area (Å²) in [4.78, 5) is 10.4. The number of hydrogen-bond acceptors (Lipinski definition) is 4. The molecule has 1 aliphatic heterocycles. The van der Waals surface area contributed by atoms with E-state index in [9.17, 15) is 4.79 Å². The van der Waals surface area contributed by atoms with Crippen molar-refractivity contribution in [3.05, 3.63) is 0 Å². The maximum absolute atomic E-state index is 10.4. The first kappa shape index (κ1) is 6.51. The first-order chi connectivity index (χ1) is 4.16. The van der Waals surface area contributed by atoms with Crippen LogP contribution in [0.3, 0.4) is 0 Å². The van der Waals surface area contributed by atoms with E-state index in [2.05, 4.69) is 4.74 Å². The molecule has 0 bridgehead atoms. The van der Waals surface area contributed by atoms with Gasteiger partial charge in [-0.1, -0.05) is 0 Å². The van der Waals surface area contributed by atoms with Crippen molar-refractivity contribution in [3.63, 3.8) is 0 Å². The Morgan fingerprint density at radius 2 is 2.56 bits per heavy atom. The number of methoxy groups -OCH3 is 1. The first-order valence-corrected chi connectivity index (χ1v) is 2.66. The average Bonchev–Trinajstić information content (AvgIpc) is 2.13. The van der Waals surface area contributed by atoms with Crippen LogP contribution in [0.5, 0.6) is 0 Å². The summed E-state index contributed by atoms with van der Waals surface area (Å²) < 4.78 is 9.37. The van der Waals surface area contributed by atoms with Crippen molar-refractivity contribution >= 4 is 5.97 Å². The van der Waals surface area contributed by atoms with Crippen molar-refractivity contribution in [3.8, 4) is 0 Å². The Hall–Kier alpha value is -0.610. The summed E-state index contributed by atoms with van der Waals surface area (Å²) in [7, 11) is 1.46. The van der Waals surface area contributed by atoms with Gasteiger partial charge in [0.05, 0.1) is 6.42 Å². The molecule has 1 atom stereocenters. The van der Waals surface area contributed by atoms with Gasteiger partial charge in [0, 0.05) is 7.11 Å². The van der Waals surface area contributed by atoms with Gasteiger partial charge in [-0.3, -0.25) is 4.79 Å². The topological polar surface area (TPSA) is 61.6 Å². The highest BCUT2D eigenvalue weighted by Crippen LogP contribution is 2.16. The Labute approximate surface area is 52.9 Å². The lowest BCUT2D eigenvalue weighted by molar-refractivity contribution is -0.137. The molecule has 0 saturated carbocycles. The van der Waals surface area contributed by atoms with Crippen molar-refractivity contribution in [1.29, 1.82) is 0 Å². The van der Waals surface area contributed by atoms with Crippen LogP contribution >= 0.6 is 0 Å². The molecule has 52 valence electrons. The number of cyclic esters (lactones) is 1. The molecule has 0 aromatic rings. The van der Waals surface area contributed by atoms with Gasteiger partial charge in [0.1, 0.15) is 6.61 Å². The lowest BCUT2D eigenvalue weighted by atomic mass is 10.2. The lowest BCUT2D eigenvalue weighted by Gasteiger charge is -2.16. The van der Waals surface area contributed by atoms with Crippen LogP contribution in [0.15, 0.2) is 0 Å². The van der Waals surface area contributed by atoms with Gasteiger partial charge in [-0.25, -0.2) is 0 Å². The maximum Gasteiger partial charge on any atom is 0.310 e. The second-order valence-corrected chi connectivity index (χ2v) is 2.11. The van der Waals surface area contributed by atoms with Crippen LogP contribution in [-0.2, 0) is 14.3 Å². The molecule has 1 rings (SSSR count). The zero-order valence-electron chi connectivity index (χ0n) is 5.22. The van der Waals surface area contributed by atoms with E-state index in [-0.39, 0.29) is 19.0 Å². The average molecular weight is 131 g/mol. The number of carbonyl (C=O) groups excluding carboxylic acids is 1. The molecule has 2 N–H and O–H groups in total. The van der Waals surface area contributed by atoms with E-state index in [0.29, 0.717) is 0 Å². The quantitative estimate of drug-likeness (QED) is 0.375. The molecule has 1 unspecified atom stereocenters. The normalized spacial score (nSPS) is 34.7. The highest BCUT2D eigenvalue weighted by atomic mass is 16.6. The van der Waals surface area contributed by atoms with E-state index in [1.54, 1.807) is 0 Å². The monoisotopic (exact) mass is 131 g/mol. The molecule has 9 heavy (non-hydrogen) atoms. The minimum Gasteiger partial charge on any atom is -0.461 e. The van der Waals surface area contributed by atoms with Gasteiger partial charge >= 0.3 is 5.97 Å². The van der Waals surface area contributed by atoms with Crippen LogP contribution < -0.4 is 5.73 Å². The third-order valence-corrected chi connectivity index (χ3v) is 1.33. The van der Waals surface area contributed by atoms with Crippen LogP contribution in [0.25, 0.3) is 0 Å². The summed E-state index contributed by atoms with van der Waals surface area (Å²) >= 11 is 0. The number of carbonyl (C=O) groups is 1. The van der Waals surface area contributed by atoms with Crippen molar-refractivity contribution in [2.75, 3.05) is 13.7 Å². The summed E-state index contributed by atoms with van der Waals surface area (Å²) in [5, 5.41) is 0. The van der Waals surface area contributed by atoms with E-state index >= 15 is 0 Å². The zero-order chi connectivity index (χ0) is 6.91. The molecule has 1 aliphatic rings. The first-order valence-electron chi connectivity index (χ1n) is 2.66. The third kappa shape index (κ3) is 1.20. The Morgan fingerprint density at radius 3 is 2.78 bits per heavy atom. The SMILES string of the molecule is COC1(N)COC(=O)C1. The second kappa shape index (κ2) is 1.97. The Balaban J connectivity index is 2.54. The lowest BCUT2D eigenvalue weighted by Crippen LogP contribution is -2.42. The number of ether oxygens (including phenoxy) is 2. The minimum absolute atomic E-state index is 0.156. The highest BCUT2D eigenvalue weighted by molar-refractivity contribution is 5.72. The van der Waals surface area contributed by atoms with Crippen molar-refractivity contribution < 1.29 is 14.3 Å². The molecule has 0 radical (unpaired) electrons. The predicted molar refractivity (Wildman–Crippen MR) is 29.5 cm³/mol. The summed E-state index contributed by atoms with van der Waals surface area (Å²) in [5.74, 6) is -0.292. The number of nitrogens with two attached hydrogens (primary N) is 1. The number of esters is 1. The van der Waals surface area contributed by atoms with E-state index in [1.165, 1.54) is 7.11 Å². The highest BCUT2D eigenvalue weighted by Gasteiger charge is 2.36. The molecule has 4 heteroatoms. The smallest absolute Gasteiger partial charge is 0.310 e. The largest absolute Gasteiger partial charge is 0.461 e. The van der Waals surface area contributed by atoms with Crippen LogP contribution in [0, 0.1) is 0 Å². The van der Waals surface area contributed by atoms with Crippen LogP contribution in [0.4, 0.5) is 0 Å². The second-order valence-electron chi connectivity index (χ2n) is 2.11. The van der Waals surface area contributed by atoms with Gasteiger partial charge in [-0.15, -0.1) is 0 Å². The fourth-order valence-electron chi connectivity index (χ4n) is 0.680. The van der Waals surface area contributed by atoms with Gasteiger partial charge in [-0.2, -0.15) is 0 Å². The van der Waals surface area contributed by atoms with E-state index < -0.39 is 5.72 Å². The van der Waals surface area contributed by atoms with Crippen molar-refractivity contribution in [1.82, 2.24) is 0 Å². The molecule has 4 nitrogen and oxygen atoms in total. The fraction of sp³-hybridized carbons (Fsp3) is 0.800. The Bertz CT molecular complexity index is 136. The molecule has 0 aliphatic carbocycles. The van der Waals surface area contributed by atoms with Crippen molar-refractivity contribution in [2.24, 2.45) is 5.73 Å². The summed E-state index contributed by atoms with van der Waals surface area (Å²) in [6.45, 7) is 0.169. The van der Waals surface area contributed by atoms with Gasteiger partial charge < -0.3 is 15.2 Å². The molecule has 0 amide bonds. The molecule has 1 fully saturated rings. The summed E-state index contributed by atoms with van der Waals surface area (Å²) in [5.41, 5.74) is 4.62. The number of rotatable bonds is 1. The molecule has 0 aromatic carbocycles. The predicted octanol–water partition coefficient (Wildman–Crippen LogP) is -0.765. The minimum atomic E-state index is -0.864. The summed E-state index contributed by atoms with van der Waals surface area (Å²) in [6, 6.07) is 0. The van der Waals surface area contributed by atoms with E-state index in [4.69, 9.17) is 10.5 Å². The Morgan fingerprint density at radius 1 is 1.89 bits per heavy atom. The number of hydrogen-bond donors (Lipinski definition) is 1. The van der Waals surface area contributed by atoms with Gasteiger partial charge in [-0.05, 0) is 0 Å². The fourth-order valence-corrected chi connectivity index (χ4v) is 0.680. The van der Waals surface area contributed by atoms with Crippen LogP contribution in [-0.4, -0.2) is 25.4 Å². The Kier molecular flexibility index (Phi) is 1.42. The van der Waals surface area contributed by atoms with Gasteiger partial charge in [0.15, 0.2) is 5.72 Å². The maximum atomic E-state index is 10.4. The van der Waals surface area contributed by atoms with Gasteiger partial charge in [0.25, 0.3) is 0 Å². The zero-order valence-corrected chi connectivity index (χ0v) is 5.22. The van der Waals surface area contributed by atoms with Crippen molar-refractivity contribution in [2.45, 2.75) is 12.1 Å². The van der Waals surface area contributed by atoms with Crippen LogP contribution in [0.2, 0.25) is 0 Å². The molecule has 1 heterocycles. The van der Waals surface area contributed by atoms with E-state index in [0.717, 1.165) is 0 Å². The van der Waals surface area contributed by atoms with E-state index in [1.807, 2.05) is 0 Å². The molecule has 0 aromatic heterocycles. The molecular formula is C5H9NO3. The standard InChI is InChI=1S/C5H9NO3/c1-8-5(6)2-4(7)9-3-5/h2-3,6H2,1H3. The molecular weight excluding hydrogens is 122 g/mol. The molecule has 1 saturated heterocycles.